The minimum absolute atomic E-state index is 0.210. The van der Waals surface area contributed by atoms with Crippen LogP contribution in [0.15, 0.2) is 67.3 Å². The molecule has 3 rings (SSSR count). The second kappa shape index (κ2) is 7.13. The highest BCUT2D eigenvalue weighted by atomic mass is 32.2. The van der Waals surface area contributed by atoms with Crippen molar-refractivity contribution in [3.05, 3.63) is 78.4 Å². The van der Waals surface area contributed by atoms with E-state index in [9.17, 15) is 18.0 Å². The van der Waals surface area contributed by atoms with Gasteiger partial charge < -0.3 is 4.90 Å². The molecule has 0 unspecified atom stereocenters. The smallest absolute Gasteiger partial charge is 0.268 e. The number of hydrogen-bond acceptors (Lipinski definition) is 4. The van der Waals surface area contributed by atoms with Gasteiger partial charge in [-0.05, 0) is 23.8 Å². The molecule has 1 aliphatic rings. The fourth-order valence-electron chi connectivity index (χ4n) is 2.86. The van der Waals surface area contributed by atoms with Crippen LogP contribution in [0.5, 0.6) is 0 Å². The zero-order valence-electron chi connectivity index (χ0n) is 14.0. The monoisotopic (exact) mass is 370 g/mol. The highest BCUT2D eigenvalue weighted by Crippen LogP contribution is 2.25. The summed E-state index contributed by atoms with van der Waals surface area (Å²) in [5.41, 5.74) is 1.37. The van der Waals surface area contributed by atoms with Crippen molar-refractivity contribution in [1.82, 2.24) is 4.31 Å². The van der Waals surface area contributed by atoms with Crippen LogP contribution in [0.3, 0.4) is 0 Å². The van der Waals surface area contributed by atoms with Crippen molar-refractivity contribution in [3.8, 4) is 0 Å². The first kappa shape index (κ1) is 17.9. The van der Waals surface area contributed by atoms with Crippen molar-refractivity contribution in [2.45, 2.75) is 5.75 Å². The number of carbonyl (C=O) groups is 2. The van der Waals surface area contributed by atoms with Gasteiger partial charge in [-0.25, -0.2) is 12.7 Å². The van der Waals surface area contributed by atoms with Gasteiger partial charge in [0.05, 0.1) is 5.75 Å². The van der Waals surface area contributed by atoms with E-state index in [1.165, 1.54) is 4.90 Å². The van der Waals surface area contributed by atoms with Crippen molar-refractivity contribution in [2.75, 3.05) is 18.0 Å². The average Bonchev–Trinajstić information content (AvgIpc) is 2.63. The number of para-hydroxylation sites is 1. The van der Waals surface area contributed by atoms with Crippen LogP contribution in [-0.2, 0) is 20.6 Å². The SMILES string of the molecule is C=CCN(C(=O)CN1C(=O)c2ccccc2CS1(=O)=O)c1ccccc1. The number of benzene rings is 2. The first-order valence-corrected chi connectivity index (χ1v) is 9.64. The summed E-state index contributed by atoms with van der Waals surface area (Å²) in [5.74, 6) is -1.46. The number of nitrogens with zero attached hydrogens (tertiary/aromatic N) is 2. The Labute approximate surface area is 152 Å². The number of amides is 2. The number of hydrogen-bond donors (Lipinski definition) is 0. The van der Waals surface area contributed by atoms with E-state index in [1.807, 2.05) is 6.07 Å². The fourth-order valence-corrected chi connectivity index (χ4v) is 4.32. The van der Waals surface area contributed by atoms with Crippen LogP contribution in [0.2, 0.25) is 0 Å². The molecule has 0 saturated heterocycles. The van der Waals surface area contributed by atoms with Gasteiger partial charge in [0.1, 0.15) is 6.54 Å². The highest BCUT2D eigenvalue weighted by Gasteiger charge is 2.37. The molecule has 0 radical (unpaired) electrons. The zero-order valence-corrected chi connectivity index (χ0v) is 14.9. The van der Waals surface area contributed by atoms with Crippen LogP contribution >= 0.6 is 0 Å². The Bertz CT molecular complexity index is 955. The molecule has 0 aliphatic carbocycles. The van der Waals surface area contributed by atoms with Crippen LogP contribution in [0, 0.1) is 0 Å². The molecule has 134 valence electrons. The molecule has 7 heteroatoms. The van der Waals surface area contributed by atoms with E-state index >= 15 is 0 Å². The maximum atomic E-state index is 12.8. The minimum atomic E-state index is -3.90. The molecule has 2 amide bonds. The van der Waals surface area contributed by atoms with Gasteiger partial charge in [0, 0.05) is 17.8 Å². The van der Waals surface area contributed by atoms with Gasteiger partial charge in [0.2, 0.25) is 15.9 Å². The first-order valence-electron chi connectivity index (χ1n) is 8.03. The predicted octanol–water partition coefficient (Wildman–Crippen LogP) is 2.19. The van der Waals surface area contributed by atoms with Gasteiger partial charge in [0.25, 0.3) is 5.91 Å². The molecule has 2 aromatic rings. The van der Waals surface area contributed by atoms with Crippen LogP contribution in [0.4, 0.5) is 5.69 Å². The molecule has 0 atom stereocenters. The molecule has 0 bridgehead atoms. The number of sulfonamides is 1. The largest absolute Gasteiger partial charge is 0.307 e. The summed E-state index contributed by atoms with van der Waals surface area (Å²) in [6.45, 7) is 3.30. The van der Waals surface area contributed by atoms with Gasteiger partial charge in [-0.2, -0.15) is 0 Å². The molecule has 0 saturated carbocycles. The molecule has 0 aromatic heterocycles. The van der Waals surface area contributed by atoms with Gasteiger partial charge >= 0.3 is 0 Å². The molecule has 0 fully saturated rings. The van der Waals surface area contributed by atoms with Crippen molar-refractivity contribution in [3.63, 3.8) is 0 Å². The average molecular weight is 370 g/mol. The highest BCUT2D eigenvalue weighted by molar-refractivity contribution is 7.89. The molecule has 1 heterocycles. The molecular weight excluding hydrogens is 352 g/mol. The predicted molar refractivity (Wildman–Crippen MR) is 99.1 cm³/mol. The van der Waals surface area contributed by atoms with E-state index in [0.717, 1.165) is 0 Å². The van der Waals surface area contributed by atoms with Gasteiger partial charge in [-0.15, -0.1) is 6.58 Å². The summed E-state index contributed by atoms with van der Waals surface area (Å²) >= 11 is 0. The molecular formula is C19H18N2O4S. The Balaban J connectivity index is 1.90. The van der Waals surface area contributed by atoms with E-state index in [1.54, 1.807) is 54.6 Å². The number of fused-ring (bicyclic) bond motifs is 1. The van der Waals surface area contributed by atoms with Crippen LogP contribution in [0.25, 0.3) is 0 Å². The van der Waals surface area contributed by atoms with Crippen LogP contribution in [-0.4, -0.2) is 37.6 Å². The van der Waals surface area contributed by atoms with E-state index < -0.39 is 28.4 Å². The van der Waals surface area contributed by atoms with Crippen LogP contribution in [0.1, 0.15) is 15.9 Å². The second-order valence-electron chi connectivity index (χ2n) is 5.85. The van der Waals surface area contributed by atoms with E-state index in [0.29, 0.717) is 21.1 Å². The Kier molecular flexibility index (Phi) is 4.90. The standard InChI is InChI=1S/C19H18N2O4S/c1-2-12-20(16-9-4-3-5-10-16)18(22)13-21-19(23)17-11-7-6-8-15(17)14-26(21,24)25/h2-11H,1,12-14H2. The third kappa shape index (κ3) is 3.39. The molecule has 6 nitrogen and oxygen atoms in total. The van der Waals surface area contributed by atoms with Crippen LogP contribution < -0.4 is 4.90 Å². The Morgan fingerprint density at radius 1 is 1.12 bits per heavy atom. The third-order valence-electron chi connectivity index (χ3n) is 4.11. The summed E-state index contributed by atoms with van der Waals surface area (Å²) in [5, 5.41) is 0. The van der Waals surface area contributed by atoms with Crippen molar-refractivity contribution < 1.29 is 18.0 Å². The normalized spacial score (nSPS) is 15.2. The number of anilines is 1. The summed E-state index contributed by atoms with van der Waals surface area (Å²) < 4.78 is 25.7. The number of carbonyl (C=O) groups excluding carboxylic acids is 2. The van der Waals surface area contributed by atoms with Crippen molar-refractivity contribution >= 4 is 27.5 Å². The van der Waals surface area contributed by atoms with Gasteiger partial charge in [-0.3, -0.25) is 9.59 Å². The lowest BCUT2D eigenvalue weighted by Gasteiger charge is -2.30. The lowest BCUT2D eigenvalue weighted by Crippen LogP contribution is -2.48. The quantitative estimate of drug-likeness (QED) is 0.756. The molecule has 0 spiro atoms. The number of rotatable bonds is 5. The summed E-state index contributed by atoms with van der Waals surface area (Å²) in [7, 11) is -3.90. The summed E-state index contributed by atoms with van der Waals surface area (Å²) in [4.78, 5) is 26.8. The Morgan fingerprint density at radius 2 is 1.77 bits per heavy atom. The van der Waals surface area contributed by atoms with E-state index in [-0.39, 0.29) is 12.3 Å². The topological polar surface area (TPSA) is 74.8 Å². The minimum Gasteiger partial charge on any atom is -0.307 e. The zero-order chi connectivity index (χ0) is 18.7. The Hall–Kier alpha value is -2.93. The first-order chi connectivity index (χ1) is 12.4. The molecule has 0 N–H and O–H groups in total. The fraction of sp³-hybridized carbons (Fsp3) is 0.158. The van der Waals surface area contributed by atoms with Crippen molar-refractivity contribution in [1.29, 1.82) is 0 Å². The lowest BCUT2D eigenvalue weighted by atomic mass is 10.1. The van der Waals surface area contributed by atoms with E-state index in [4.69, 9.17) is 0 Å². The van der Waals surface area contributed by atoms with E-state index in [2.05, 4.69) is 6.58 Å². The maximum Gasteiger partial charge on any atom is 0.268 e. The third-order valence-corrected chi connectivity index (χ3v) is 5.75. The summed E-state index contributed by atoms with van der Waals surface area (Å²) in [6, 6.07) is 15.4. The summed E-state index contributed by atoms with van der Waals surface area (Å²) in [6.07, 6.45) is 1.55. The van der Waals surface area contributed by atoms with Gasteiger partial charge in [-0.1, -0.05) is 42.5 Å². The lowest BCUT2D eigenvalue weighted by molar-refractivity contribution is -0.118. The molecule has 1 aliphatic heterocycles. The van der Waals surface area contributed by atoms with Crippen molar-refractivity contribution in [2.24, 2.45) is 0 Å². The Morgan fingerprint density at radius 3 is 2.46 bits per heavy atom. The molecule has 2 aromatic carbocycles. The molecule has 26 heavy (non-hydrogen) atoms. The maximum absolute atomic E-state index is 12.8. The van der Waals surface area contributed by atoms with Gasteiger partial charge in [0.15, 0.2) is 0 Å². The second-order valence-corrected chi connectivity index (χ2v) is 7.75.